The molecule has 28 heteroatoms. The number of nitrogens with two attached hydrogens (primary N) is 1. The maximum Gasteiger partial charge on any atom is 0.411 e. The first-order valence-electron chi connectivity index (χ1n) is 36.3. The number of benzene rings is 3. The molecule has 12 atom stereocenters. The van der Waals surface area contributed by atoms with Gasteiger partial charge in [-0.15, -0.1) is 0 Å². The summed E-state index contributed by atoms with van der Waals surface area (Å²) >= 11 is 0. The zero-order valence-corrected chi connectivity index (χ0v) is 63.0. The number of nitrogens with one attached hydrogen (secondary N) is 8. The highest BCUT2D eigenvalue weighted by atomic mass is 16.5. The summed E-state index contributed by atoms with van der Waals surface area (Å²) in [5.74, 6) is -5.54. The number of likely N-dealkylation sites (N-methyl/N-ethyl adjacent to an activating group) is 2. The van der Waals surface area contributed by atoms with Crippen LogP contribution in [0.2, 0.25) is 0 Å². The number of nitrogens with zero attached hydrogens (tertiary/aromatic N) is 4. The molecular weight excluding hydrogens is 1330 g/mol. The molecule has 28 nitrogen and oxygen atoms in total. The van der Waals surface area contributed by atoms with E-state index in [9.17, 15) is 57.5 Å². The van der Waals surface area contributed by atoms with Gasteiger partial charge in [-0.3, -0.25) is 63.1 Å². The van der Waals surface area contributed by atoms with Crippen molar-refractivity contribution in [3.63, 3.8) is 0 Å². The molecule has 0 saturated carbocycles. The molecule has 0 radical (unpaired) electrons. The quantitative estimate of drug-likeness (QED) is 0.0212. The summed E-state index contributed by atoms with van der Waals surface area (Å²) in [6.45, 7) is 17.7. The Kier molecular flexibility index (Phi) is 34.9. The second-order valence-corrected chi connectivity index (χ2v) is 28.1. The number of carbonyl (C=O) groups is 12. The van der Waals surface area contributed by atoms with Crippen LogP contribution in [0.15, 0.2) is 91.0 Å². The number of methoxy groups -OCH3 is 2. The van der Waals surface area contributed by atoms with Crippen LogP contribution in [0.4, 0.5) is 26.7 Å². The van der Waals surface area contributed by atoms with E-state index < -0.39 is 96.2 Å². The van der Waals surface area contributed by atoms with Gasteiger partial charge in [-0.25, -0.2) is 9.59 Å². The summed E-state index contributed by atoms with van der Waals surface area (Å²) in [5.41, 5.74) is 7.65. The average molecular weight is 1450 g/mol. The number of hydrogen-bond donors (Lipinski definition) is 9. The van der Waals surface area contributed by atoms with Crippen molar-refractivity contribution in [2.75, 3.05) is 70.9 Å². The smallest absolute Gasteiger partial charge is 0.411 e. The number of unbranched alkanes of at least 4 members (excludes halogenated alkanes) is 2. The lowest BCUT2D eigenvalue weighted by atomic mass is 9.88. The van der Waals surface area contributed by atoms with E-state index in [-0.39, 0.29) is 111 Å². The molecule has 3 aromatic rings. The van der Waals surface area contributed by atoms with Crippen LogP contribution in [0.1, 0.15) is 144 Å². The number of primary amides is 1. The van der Waals surface area contributed by atoms with Gasteiger partial charge < -0.3 is 67.0 Å². The molecule has 5 rings (SSSR count). The van der Waals surface area contributed by atoms with Crippen molar-refractivity contribution in [2.45, 2.75) is 200 Å². The number of urea groups is 1. The van der Waals surface area contributed by atoms with Crippen LogP contribution in [-0.4, -0.2) is 200 Å². The molecule has 0 bridgehead atoms. The number of anilines is 3. The van der Waals surface area contributed by atoms with Crippen LogP contribution in [0, 0.1) is 29.6 Å². The highest BCUT2D eigenvalue weighted by molar-refractivity contribution is 6.13. The van der Waals surface area contributed by atoms with Crippen molar-refractivity contribution in [3.05, 3.63) is 102 Å². The first-order valence-corrected chi connectivity index (χ1v) is 36.3. The number of ether oxygens (including phenoxy) is 3. The summed E-state index contributed by atoms with van der Waals surface area (Å²) in [5, 5.41) is 22.4. The summed E-state index contributed by atoms with van der Waals surface area (Å²) in [4.78, 5) is 167. The zero-order valence-electron chi connectivity index (χ0n) is 63.0. The lowest BCUT2D eigenvalue weighted by Gasteiger charge is -2.41. The van der Waals surface area contributed by atoms with Crippen LogP contribution in [0.3, 0.4) is 0 Å². The second kappa shape index (κ2) is 42.5. The fourth-order valence-electron chi connectivity index (χ4n) is 13.2. The highest BCUT2D eigenvalue weighted by Crippen LogP contribution is 2.31. The zero-order chi connectivity index (χ0) is 76.9. The molecule has 1 saturated heterocycles. The predicted molar refractivity (Wildman–Crippen MR) is 396 cm³/mol. The molecular formula is C76H113N13O15. The van der Waals surface area contributed by atoms with Crippen molar-refractivity contribution >= 4 is 88.3 Å². The fourth-order valence-corrected chi connectivity index (χ4v) is 13.2. The maximum atomic E-state index is 14.7. The first-order chi connectivity index (χ1) is 49.4. The first kappa shape index (κ1) is 85.4. The third-order valence-corrected chi connectivity index (χ3v) is 19.5. The van der Waals surface area contributed by atoms with Gasteiger partial charge in [-0.2, -0.15) is 0 Å². The van der Waals surface area contributed by atoms with E-state index >= 15 is 0 Å². The van der Waals surface area contributed by atoms with E-state index in [4.69, 9.17) is 19.9 Å². The van der Waals surface area contributed by atoms with Crippen LogP contribution in [0.25, 0.3) is 0 Å². The third-order valence-electron chi connectivity index (χ3n) is 19.5. The van der Waals surface area contributed by atoms with E-state index in [0.29, 0.717) is 74.1 Å². The Hall–Kier alpha value is -9.28. The number of amides is 13. The minimum Gasteiger partial charge on any atom is -0.444 e. The van der Waals surface area contributed by atoms with Gasteiger partial charge in [0.15, 0.2) is 0 Å². The van der Waals surface area contributed by atoms with Crippen LogP contribution >= 0.6 is 0 Å². The number of carbonyl (C=O) groups excluding carboxylic acids is 12. The molecule has 572 valence electrons. The minimum absolute atomic E-state index is 0.00873. The predicted octanol–water partition coefficient (Wildman–Crippen LogP) is 6.64. The molecule has 10 N–H and O–H groups in total. The molecule has 104 heavy (non-hydrogen) atoms. The largest absolute Gasteiger partial charge is 0.444 e. The minimum atomic E-state index is -1.10. The Labute approximate surface area is 612 Å². The third kappa shape index (κ3) is 25.8. The monoisotopic (exact) mass is 1450 g/mol. The van der Waals surface area contributed by atoms with E-state index in [0.717, 1.165) is 10.5 Å². The molecule has 0 aliphatic carbocycles. The van der Waals surface area contributed by atoms with Gasteiger partial charge in [-0.1, -0.05) is 124 Å². The van der Waals surface area contributed by atoms with Crippen molar-refractivity contribution < 1.29 is 71.7 Å². The summed E-state index contributed by atoms with van der Waals surface area (Å²) < 4.78 is 17.7. The number of likely N-dealkylation sites (tertiary alicyclic amines) is 1. The number of hydrogen-bond acceptors (Lipinski definition) is 16. The van der Waals surface area contributed by atoms with Gasteiger partial charge in [0.25, 0.3) is 11.8 Å². The van der Waals surface area contributed by atoms with E-state index in [1.807, 2.05) is 90.9 Å². The van der Waals surface area contributed by atoms with Gasteiger partial charge in [-0.05, 0) is 124 Å². The van der Waals surface area contributed by atoms with Crippen LogP contribution < -0.4 is 48.3 Å². The van der Waals surface area contributed by atoms with Crippen LogP contribution in [-0.2, 0) is 75.2 Å². The Bertz CT molecular complexity index is 3360. The van der Waals surface area contributed by atoms with Gasteiger partial charge in [0, 0.05) is 83.0 Å². The topological polar surface area (TPSA) is 368 Å². The Morgan fingerprint density at radius 3 is 1.76 bits per heavy atom. The molecule has 0 unspecified atom stereocenters. The fraction of sp³-hybridized carbons (Fsp3) is 0.579. The van der Waals surface area contributed by atoms with Gasteiger partial charge in [0.2, 0.25) is 47.3 Å². The maximum absolute atomic E-state index is 14.7. The molecule has 3 aromatic carbocycles. The molecule has 2 aliphatic rings. The second-order valence-electron chi connectivity index (χ2n) is 28.1. The molecule has 13 amide bonds. The highest BCUT2D eigenvalue weighted by Gasteiger charge is 2.44. The van der Waals surface area contributed by atoms with E-state index in [1.165, 1.54) is 26.4 Å². The van der Waals surface area contributed by atoms with Crippen molar-refractivity contribution in [2.24, 2.45) is 35.3 Å². The molecule has 2 heterocycles. The molecule has 2 aliphatic heterocycles. The summed E-state index contributed by atoms with van der Waals surface area (Å²) in [6, 6.07) is 15.7. The summed E-state index contributed by atoms with van der Waals surface area (Å²) in [6.07, 6.45) is 4.67. The lowest BCUT2D eigenvalue weighted by molar-refractivity contribution is -0.148. The molecule has 1 fully saturated rings. The molecule has 0 aromatic heterocycles. The average Bonchev–Trinajstić information content (AvgIpc) is 1.72. The Balaban J connectivity index is 1.17. The van der Waals surface area contributed by atoms with Crippen molar-refractivity contribution in [1.82, 2.24) is 46.2 Å². The van der Waals surface area contributed by atoms with Crippen LogP contribution in [0.5, 0.6) is 0 Å². The Morgan fingerprint density at radius 2 is 1.20 bits per heavy atom. The molecule has 0 spiro atoms. The normalized spacial score (nSPS) is 16.8. The van der Waals surface area contributed by atoms with Gasteiger partial charge in [0.05, 0.1) is 42.7 Å². The van der Waals surface area contributed by atoms with Crippen molar-refractivity contribution in [3.8, 4) is 0 Å². The lowest BCUT2D eigenvalue weighted by Crippen LogP contribution is -2.60. The SMILES string of the molecule is CC[C@@H](C)[C@H]([C@@H](CC(=O)N1CCC[C@@H]1[C@@H](OC)[C@H](C)C(=O)N[C@H](Cc1ccccc1)C(=O)Nc1ccc(NC(=O)OCc2ccc(NC(=O)[C@H](CCCNC(N)=O)NC(=O)[C@@H](NC(=O)CCCCCN3C(=O)C=CC3=O)C(C)C)cc2)cc1)OC)N(C)C(=O)[C@H](NC(=O)[C@@H](C(C)C)N(C)C)[C@@H](C)CC. The van der Waals surface area contributed by atoms with Gasteiger partial charge >= 0.3 is 12.1 Å². The number of rotatable bonds is 42. The number of imide groups is 1. The standard InChI is InChI=1S/C76H113N13O15/c1-15-48(7)65(85-73(98)66(47(5)6)86(10)11)74(99)87(12)67(49(8)16-2)59(102-13)44-63(93)88-42-24-28-58(88)68(103-14)50(9)69(94)83-57(43-51-25-19-17-20-26-51)71(96)80-54-34-36-55(37-35-54)81-76(101)104-45-52-30-32-53(33-31-52)79-70(95)56(27-23-40-78-75(77)100)82-72(97)64(46(3)4)84-60(90)29-21-18-22-41-89-61(91)38-39-62(89)92/h17,19-20,25-26,30-39,46-50,56-59,64-68H,15-16,18,21-24,27-29,40-45H2,1-14H3,(H,79,95)(H,80,96)(H,81,101)(H,82,97)(H,83,94)(H,84,90)(H,85,98)(H3,77,78,100)/t48-,49+,50-,56-,57+,58+,59+,64-,65+,66+,67+,68-/m0/s1. The Morgan fingerprint density at radius 1 is 0.615 bits per heavy atom. The van der Waals surface area contributed by atoms with Crippen molar-refractivity contribution in [1.29, 1.82) is 0 Å². The van der Waals surface area contributed by atoms with E-state index in [1.54, 1.807) is 86.1 Å². The summed E-state index contributed by atoms with van der Waals surface area (Å²) in [7, 11) is 8.42. The van der Waals surface area contributed by atoms with E-state index in [2.05, 4.69) is 42.5 Å². The van der Waals surface area contributed by atoms with Gasteiger partial charge in [0.1, 0.15) is 30.8 Å².